The molecule has 21 heavy (non-hydrogen) atoms. The second-order valence-corrected chi connectivity index (χ2v) is 4.84. The van der Waals surface area contributed by atoms with E-state index in [1.165, 1.54) is 0 Å². The van der Waals surface area contributed by atoms with Gasteiger partial charge in [0.05, 0.1) is 17.3 Å². The predicted molar refractivity (Wildman–Crippen MR) is 73.3 cm³/mol. The van der Waals surface area contributed by atoms with Crippen molar-refractivity contribution in [2.75, 3.05) is 11.6 Å². The van der Waals surface area contributed by atoms with Gasteiger partial charge >= 0.3 is 0 Å². The molecule has 114 valence electrons. The summed E-state index contributed by atoms with van der Waals surface area (Å²) < 4.78 is 39.6. The van der Waals surface area contributed by atoms with Crippen LogP contribution < -0.4 is 10.7 Å². The first kappa shape index (κ1) is 15.5. The first-order chi connectivity index (χ1) is 9.99. The lowest BCUT2D eigenvalue weighted by Gasteiger charge is -2.14. The van der Waals surface area contributed by atoms with Crippen LogP contribution in [0.3, 0.4) is 0 Å². The van der Waals surface area contributed by atoms with Crippen LogP contribution in [0.25, 0.3) is 0 Å². The summed E-state index contributed by atoms with van der Waals surface area (Å²) in [5.74, 6) is -5.15. The van der Waals surface area contributed by atoms with Crippen molar-refractivity contribution >= 4 is 17.3 Å². The molecule has 1 unspecified atom stereocenters. The summed E-state index contributed by atoms with van der Waals surface area (Å²) in [5.41, 5.74) is 6.00. The summed E-state index contributed by atoms with van der Waals surface area (Å²) in [6, 6.07) is 1.52. The Morgan fingerprint density at radius 3 is 2.43 bits per heavy atom. The number of benzene rings is 1. The molecule has 7 heteroatoms. The molecular weight excluding hydrogens is 283 g/mol. The van der Waals surface area contributed by atoms with Gasteiger partial charge in [-0.3, -0.25) is 4.79 Å². The van der Waals surface area contributed by atoms with E-state index in [0.717, 1.165) is 23.6 Å². The van der Waals surface area contributed by atoms with Crippen molar-refractivity contribution in [3.63, 3.8) is 0 Å². The Morgan fingerprint density at radius 1 is 1.29 bits per heavy atom. The smallest absolute Gasteiger partial charge is 0.256 e. The molecule has 0 spiro atoms. The van der Waals surface area contributed by atoms with E-state index in [4.69, 9.17) is 5.73 Å². The molecular formula is C14H16F3N3O. The van der Waals surface area contributed by atoms with Gasteiger partial charge in [0.25, 0.3) is 5.91 Å². The third-order valence-electron chi connectivity index (χ3n) is 3.31. The summed E-state index contributed by atoms with van der Waals surface area (Å²) >= 11 is 0. The number of carbonyl (C=O) groups excluding carboxylic acids is 1. The molecule has 0 saturated carbocycles. The zero-order valence-electron chi connectivity index (χ0n) is 11.6. The minimum absolute atomic E-state index is 0.121. The SMILES string of the molecule is CCCC1=NN(c2cc(F)c(F)c(F)c2)C(=O)C1CCN. The van der Waals surface area contributed by atoms with Crippen molar-refractivity contribution in [2.24, 2.45) is 16.8 Å². The van der Waals surface area contributed by atoms with Crippen molar-refractivity contribution in [3.05, 3.63) is 29.6 Å². The summed E-state index contributed by atoms with van der Waals surface area (Å²) in [7, 11) is 0. The van der Waals surface area contributed by atoms with Crippen LogP contribution in [0.1, 0.15) is 26.2 Å². The fourth-order valence-electron chi connectivity index (χ4n) is 2.32. The molecule has 0 fully saturated rings. The maximum Gasteiger partial charge on any atom is 0.256 e. The van der Waals surface area contributed by atoms with Crippen LogP contribution in [-0.4, -0.2) is 18.2 Å². The maximum absolute atomic E-state index is 13.3. The third-order valence-corrected chi connectivity index (χ3v) is 3.31. The van der Waals surface area contributed by atoms with Gasteiger partial charge in [0.2, 0.25) is 0 Å². The molecule has 1 aliphatic heterocycles. The fraction of sp³-hybridized carbons (Fsp3) is 0.429. The Hall–Kier alpha value is -1.89. The van der Waals surface area contributed by atoms with E-state index in [9.17, 15) is 18.0 Å². The van der Waals surface area contributed by atoms with E-state index >= 15 is 0 Å². The molecule has 1 amide bonds. The van der Waals surface area contributed by atoms with Gasteiger partial charge in [-0.25, -0.2) is 18.2 Å². The standard InChI is InChI=1S/C14H16F3N3O/c1-2-3-12-9(4-5-18)14(21)20(19-12)8-6-10(15)13(17)11(16)7-8/h6-7,9H,2-5,18H2,1H3. The molecule has 0 aliphatic carbocycles. The van der Waals surface area contributed by atoms with E-state index < -0.39 is 29.3 Å². The molecule has 2 rings (SSSR count). The lowest BCUT2D eigenvalue weighted by Crippen LogP contribution is -2.29. The van der Waals surface area contributed by atoms with Gasteiger partial charge in [-0.15, -0.1) is 0 Å². The molecule has 1 aromatic rings. The van der Waals surface area contributed by atoms with Gasteiger partial charge in [-0.1, -0.05) is 13.3 Å². The number of hydrogen-bond acceptors (Lipinski definition) is 3. The number of nitrogens with zero attached hydrogens (tertiary/aromatic N) is 2. The number of anilines is 1. The zero-order valence-corrected chi connectivity index (χ0v) is 11.6. The van der Waals surface area contributed by atoms with Gasteiger partial charge in [0, 0.05) is 12.1 Å². The number of nitrogens with two attached hydrogens (primary N) is 1. The molecule has 0 radical (unpaired) electrons. The molecule has 1 heterocycles. The first-order valence-corrected chi connectivity index (χ1v) is 6.75. The first-order valence-electron chi connectivity index (χ1n) is 6.75. The topological polar surface area (TPSA) is 58.7 Å². The van der Waals surface area contributed by atoms with Gasteiger partial charge in [-0.05, 0) is 19.4 Å². The van der Waals surface area contributed by atoms with Crippen molar-refractivity contribution in [2.45, 2.75) is 26.2 Å². The van der Waals surface area contributed by atoms with Crippen LogP contribution in [0.15, 0.2) is 17.2 Å². The minimum atomic E-state index is -1.57. The van der Waals surface area contributed by atoms with Crippen LogP contribution in [0.2, 0.25) is 0 Å². The highest BCUT2D eigenvalue weighted by atomic mass is 19.2. The molecule has 1 aromatic carbocycles. The highest BCUT2D eigenvalue weighted by Crippen LogP contribution is 2.29. The van der Waals surface area contributed by atoms with Crippen LogP contribution in [-0.2, 0) is 4.79 Å². The molecule has 1 aliphatic rings. The average molecular weight is 299 g/mol. The summed E-state index contributed by atoms with van der Waals surface area (Å²) in [6.07, 6.45) is 1.80. The van der Waals surface area contributed by atoms with Crippen LogP contribution in [0.5, 0.6) is 0 Å². The number of halogens is 3. The Balaban J connectivity index is 2.38. The average Bonchev–Trinajstić information content (AvgIpc) is 2.74. The summed E-state index contributed by atoms with van der Waals surface area (Å²) in [4.78, 5) is 12.3. The van der Waals surface area contributed by atoms with E-state index in [1.54, 1.807) is 0 Å². The van der Waals surface area contributed by atoms with Gasteiger partial charge in [0.15, 0.2) is 17.5 Å². The number of hydrogen-bond donors (Lipinski definition) is 1. The molecule has 2 N–H and O–H groups in total. The largest absolute Gasteiger partial charge is 0.330 e. The number of amides is 1. The highest BCUT2D eigenvalue weighted by molar-refractivity contribution is 6.15. The van der Waals surface area contributed by atoms with Crippen molar-refractivity contribution in [3.8, 4) is 0 Å². The van der Waals surface area contributed by atoms with Crippen molar-refractivity contribution in [1.82, 2.24) is 0 Å². The van der Waals surface area contributed by atoms with Gasteiger partial charge < -0.3 is 5.73 Å². The molecule has 0 aromatic heterocycles. The van der Waals surface area contributed by atoms with E-state index in [-0.39, 0.29) is 5.69 Å². The molecule has 1 atom stereocenters. The highest BCUT2D eigenvalue weighted by Gasteiger charge is 2.36. The van der Waals surface area contributed by atoms with E-state index in [0.29, 0.717) is 25.1 Å². The van der Waals surface area contributed by atoms with Gasteiger partial charge in [0.1, 0.15) is 0 Å². The lowest BCUT2D eigenvalue weighted by atomic mass is 9.96. The van der Waals surface area contributed by atoms with Crippen molar-refractivity contribution in [1.29, 1.82) is 0 Å². The quantitative estimate of drug-likeness (QED) is 0.850. The predicted octanol–water partition coefficient (Wildman–Crippen LogP) is 2.57. The summed E-state index contributed by atoms with van der Waals surface area (Å²) in [5, 5.41) is 5.06. The van der Waals surface area contributed by atoms with E-state index in [1.807, 2.05) is 6.92 Å². The molecule has 4 nitrogen and oxygen atoms in total. The Labute approximate surface area is 120 Å². The monoisotopic (exact) mass is 299 g/mol. The minimum Gasteiger partial charge on any atom is -0.330 e. The second kappa shape index (κ2) is 6.26. The number of carbonyl (C=O) groups is 1. The zero-order chi connectivity index (χ0) is 15.6. The van der Waals surface area contributed by atoms with Crippen LogP contribution >= 0.6 is 0 Å². The normalized spacial score (nSPS) is 18.3. The molecule has 0 saturated heterocycles. The lowest BCUT2D eigenvalue weighted by molar-refractivity contribution is -0.119. The maximum atomic E-state index is 13.3. The van der Waals surface area contributed by atoms with Crippen molar-refractivity contribution < 1.29 is 18.0 Å². The van der Waals surface area contributed by atoms with Crippen LogP contribution in [0, 0.1) is 23.4 Å². The number of rotatable bonds is 5. The summed E-state index contributed by atoms with van der Waals surface area (Å²) in [6.45, 7) is 2.24. The van der Waals surface area contributed by atoms with Crippen LogP contribution in [0.4, 0.5) is 18.9 Å². The second-order valence-electron chi connectivity index (χ2n) is 4.84. The fourth-order valence-corrected chi connectivity index (χ4v) is 2.32. The Bertz CT molecular complexity index is 566. The number of hydrazone groups is 1. The Kier molecular flexibility index (Phi) is 4.62. The van der Waals surface area contributed by atoms with E-state index in [2.05, 4.69) is 5.10 Å². The third kappa shape index (κ3) is 2.92. The molecule has 0 bridgehead atoms. The van der Waals surface area contributed by atoms with Gasteiger partial charge in [-0.2, -0.15) is 5.10 Å². The Morgan fingerprint density at radius 2 is 1.90 bits per heavy atom.